The first-order valence-electron chi connectivity index (χ1n) is 8.59. The van der Waals surface area contributed by atoms with Crippen molar-refractivity contribution in [3.8, 4) is 0 Å². The predicted molar refractivity (Wildman–Crippen MR) is 102 cm³/mol. The van der Waals surface area contributed by atoms with Crippen LogP contribution in [0.5, 0.6) is 0 Å². The van der Waals surface area contributed by atoms with Crippen molar-refractivity contribution in [2.24, 2.45) is 10.8 Å². The molecule has 9 nitrogen and oxygen atoms in total. The highest BCUT2D eigenvalue weighted by Crippen LogP contribution is 2.18. The third kappa shape index (κ3) is 11.0. The first-order valence-corrected chi connectivity index (χ1v) is 8.59. The molecule has 0 saturated heterocycles. The molecule has 0 bridgehead atoms. The van der Waals surface area contributed by atoms with Crippen molar-refractivity contribution in [2.75, 3.05) is 33.0 Å². The van der Waals surface area contributed by atoms with Crippen molar-refractivity contribution in [1.29, 1.82) is 0 Å². The highest BCUT2D eigenvalue weighted by molar-refractivity contribution is 5.91. The molecule has 28 heavy (non-hydrogen) atoms. The second kappa shape index (κ2) is 14.0. The molecule has 0 atom stereocenters. The lowest BCUT2D eigenvalue weighted by atomic mass is 9.88. The Balaban J connectivity index is 0. The van der Waals surface area contributed by atoms with Gasteiger partial charge in [-0.2, -0.15) is 0 Å². The standard InChI is InChI=1S/C8H6O4.C6H14O3.C5H12O2/c9-7(10)5-1-2-6(4-3-5)8(11)12;1-2-6(3-7,4-8)5-9;1-5(2,3-6)4-7/h1-4H,(H,9,10)(H,11,12);7-9H,2-5H2,1H3;6-7H,3-4H2,1-2H3. The molecule has 0 unspecified atom stereocenters. The van der Waals surface area contributed by atoms with Gasteiger partial charge in [0.2, 0.25) is 0 Å². The van der Waals surface area contributed by atoms with Crippen LogP contribution in [0.3, 0.4) is 0 Å². The summed E-state index contributed by atoms with van der Waals surface area (Å²) in [5.74, 6) is -2.13. The number of hydrogen-bond donors (Lipinski definition) is 7. The number of aliphatic hydroxyl groups excluding tert-OH is 5. The summed E-state index contributed by atoms with van der Waals surface area (Å²) in [5, 5.41) is 59.8. The number of rotatable bonds is 8. The zero-order valence-electron chi connectivity index (χ0n) is 16.5. The fourth-order valence-corrected chi connectivity index (χ4v) is 1.29. The van der Waals surface area contributed by atoms with Crippen LogP contribution in [0.4, 0.5) is 0 Å². The van der Waals surface area contributed by atoms with E-state index in [9.17, 15) is 9.59 Å². The Hall–Kier alpha value is -2.04. The Morgan fingerprint density at radius 1 is 0.714 bits per heavy atom. The topological polar surface area (TPSA) is 176 Å². The van der Waals surface area contributed by atoms with E-state index in [4.69, 9.17) is 35.7 Å². The molecule has 0 fully saturated rings. The van der Waals surface area contributed by atoms with Crippen LogP contribution in [0, 0.1) is 10.8 Å². The van der Waals surface area contributed by atoms with Gasteiger partial charge in [-0.05, 0) is 30.7 Å². The van der Waals surface area contributed by atoms with Crippen LogP contribution in [0.2, 0.25) is 0 Å². The van der Waals surface area contributed by atoms with E-state index in [-0.39, 0.29) is 49.6 Å². The summed E-state index contributed by atoms with van der Waals surface area (Å²) in [6, 6.07) is 5.02. The summed E-state index contributed by atoms with van der Waals surface area (Å²) in [5.41, 5.74) is -0.806. The Labute approximate surface area is 164 Å². The Morgan fingerprint density at radius 3 is 1.07 bits per heavy atom. The average Bonchev–Trinajstić information content (AvgIpc) is 2.71. The molecule has 0 aromatic heterocycles. The van der Waals surface area contributed by atoms with E-state index in [0.717, 1.165) is 0 Å². The highest BCUT2D eigenvalue weighted by atomic mass is 16.4. The van der Waals surface area contributed by atoms with Gasteiger partial charge in [0.15, 0.2) is 0 Å². The van der Waals surface area contributed by atoms with Crippen molar-refractivity contribution in [1.82, 2.24) is 0 Å². The number of carboxylic acids is 2. The molecule has 0 aliphatic rings. The van der Waals surface area contributed by atoms with E-state index in [1.54, 1.807) is 13.8 Å². The minimum absolute atomic E-state index is 0.0451. The monoisotopic (exact) mass is 404 g/mol. The third-order valence-electron chi connectivity index (χ3n) is 3.99. The molecule has 162 valence electrons. The van der Waals surface area contributed by atoms with Crippen molar-refractivity contribution in [3.63, 3.8) is 0 Å². The first kappa shape index (κ1) is 28.2. The minimum Gasteiger partial charge on any atom is -0.478 e. The van der Waals surface area contributed by atoms with Crippen molar-refractivity contribution >= 4 is 11.9 Å². The van der Waals surface area contributed by atoms with E-state index in [2.05, 4.69) is 0 Å². The van der Waals surface area contributed by atoms with E-state index >= 15 is 0 Å². The zero-order valence-corrected chi connectivity index (χ0v) is 16.5. The van der Waals surface area contributed by atoms with E-state index < -0.39 is 17.4 Å². The molecule has 0 saturated carbocycles. The molecule has 0 aliphatic heterocycles. The second-order valence-electron chi connectivity index (χ2n) is 7.00. The van der Waals surface area contributed by atoms with Gasteiger partial charge in [-0.1, -0.05) is 20.8 Å². The maximum Gasteiger partial charge on any atom is 0.335 e. The molecule has 9 heteroatoms. The summed E-state index contributed by atoms with van der Waals surface area (Å²) in [6.07, 6.45) is 0.594. The molecule has 0 spiro atoms. The van der Waals surface area contributed by atoms with Crippen molar-refractivity contribution in [2.45, 2.75) is 27.2 Å². The van der Waals surface area contributed by atoms with Gasteiger partial charge >= 0.3 is 11.9 Å². The summed E-state index contributed by atoms with van der Waals surface area (Å²) >= 11 is 0. The maximum atomic E-state index is 10.3. The normalized spacial score (nSPS) is 10.9. The van der Waals surface area contributed by atoms with Crippen molar-refractivity contribution < 1.29 is 45.3 Å². The van der Waals surface area contributed by atoms with Gasteiger partial charge in [0, 0.05) is 10.8 Å². The molecule has 1 aromatic rings. The lowest BCUT2D eigenvalue weighted by Crippen LogP contribution is -2.32. The number of benzene rings is 1. The summed E-state index contributed by atoms with van der Waals surface area (Å²) in [4.78, 5) is 20.7. The van der Waals surface area contributed by atoms with E-state index in [1.165, 1.54) is 24.3 Å². The molecule has 0 heterocycles. The number of carboxylic acid groups (broad SMARTS) is 2. The third-order valence-corrected chi connectivity index (χ3v) is 3.99. The number of aromatic carboxylic acids is 2. The molecule has 1 aromatic carbocycles. The van der Waals surface area contributed by atoms with Crippen LogP contribution in [0.25, 0.3) is 0 Å². The van der Waals surface area contributed by atoms with Crippen LogP contribution in [-0.2, 0) is 0 Å². The molecular weight excluding hydrogens is 372 g/mol. The van der Waals surface area contributed by atoms with Crippen LogP contribution < -0.4 is 0 Å². The van der Waals surface area contributed by atoms with Crippen LogP contribution >= 0.6 is 0 Å². The fraction of sp³-hybridized carbons (Fsp3) is 0.579. The predicted octanol–water partition coefficient (Wildman–Crippen LogP) is 0.440. The number of hydrogen-bond acceptors (Lipinski definition) is 7. The first-order chi connectivity index (χ1) is 13.0. The van der Waals surface area contributed by atoms with Gasteiger partial charge in [-0.25, -0.2) is 9.59 Å². The molecule has 1 rings (SSSR count). The van der Waals surface area contributed by atoms with Gasteiger partial charge in [-0.3, -0.25) is 0 Å². The van der Waals surface area contributed by atoms with Gasteiger partial charge in [0.1, 0.15) is 0 Å². The Bertz CT molecular complexity index is 507. The Kier molecular flexibility index (Phi) is 14.1. The summed E-state index contributed by atoms with van der Waals surface area (Å²) in [7, 11) is 0. The average molecular weight is 404 g/mol. The lowest BCUT2D eigenvalue weighted by molar-refractivity contribution is 0.00303. The van der Waals surface area contributed by atoms with Gasteiger partial charge in [0.25, 0.3) is 0 Å². The van der Waals surface area contributed by atoms with E-state index in [0.29, 0.717) is 6.42 Å². The molecule has 0 amide bonds. The van der Waals surface area contributed by atoms with Gasteiger partial charge < -0.3 is 35.7 Å². The van der Waals surface area contributed by atoms with E-state index in [1.807, 2.05) is 6.92 Å². The SMILES string of the molecule is CC(C)(CO)CO.CCC(CO)(CO)CO.O=C(O)c1ccc(C(=O)O)cc1. The Morgan fingerprint density at radius 2 is 1.00 bits per heavy atom. The fourth-order valence-electron chi connectivity index (χ4n) is 1.29. The molecule has 7 N–H and O–H groups in total. The summed E-state index contributed by atoms with van der Waals surface area (Å²) in [6.45, 7) is 5.04. The molecular formula is C19H32O9. The van der Waals surface area contributed by atoms with Crippen molar-refractivity contribution in [3.05, 3.63) is 35.4 Å². The number of carbonyl (C=O) groups is 2. The minimum atomic E-state index is -1.06. The van der Waals surface area contributed by atoms with Crippen LogP contribution in [0.15, 0.2) is 24.3 Å². The summed E-state index contributed by atoms with van der Waals surface area (Å²) < 4.78 is 0. The largest absolute Gasteiger partial charge is 0.478 e. The molecule has 0 aliphatic carbocycles. The lowest BCUT2D eigenvalue weighted by Gasteiger charge is -2.24. The van der Waals surface area contributed by atoms with Crippen LogP contribution in [-0.4, -0.2) is 80.7 Å². The van der Waals surface area contributed by atoms with Gasteiger partial charge in [-0.15, -0.1) is 0 Å². The second-order valence-corrected chi connectivity index (χ2v) is 7.00. The highest BCUT2D eigenvalue weighted by Gasteiger charge is 2.24. The van der Waals surface area contributed by atoms with Gasteiger partial charge in [0.05, 0.1) is 44.2 Å². The zero-order chi connectivity index (χ0) is 22.4. The van der Waals surface area contributed by atoms with Crippen LogP contribution in [0.1, 0.15) is 47.9 Å². The molecule has 0 radical (unpaired) electrons. The maximum absolute atomic E-state index is 10.3. The quantitative estimate of drug-likeness (QED) is 0.324. The smallest absolute Gasteiger partial charge is 0.335 e. The number of aliphatic hydroxyl groups is 5.